The summed E-state index contributed by atoms with van der Waals surface area (Å²) >= 11 is 7.84. The van der Waals surface area contributed by atoms with Crippen molar-refractivity contribution >= 4 is 68.4 Å². The number of aromatic nitrogens is 2. The molecule has 0 atom stereocenters. The largest absolute Gasteiger partial charge is 0.377 e. The molecule has 216 valence electrons. The van der Waals surface area contributed by atoms with Gasteiger partial charge in [0.2, 0.25) is 5.95 Å². The first kappa shape index (κ1) is 28.6. The van der Waals surface area contributed by atoms with Crippen molar-refractivity contribution in [2.75, 3.05) is 42.7 Å². The second-order valence-corrected chi connectivity index (χ2v) is 12.7. The van der Waals surface area contributed by atoms with Crippen LogP contribution < -0.4 is 20.3 Å². The molecule has 1 aromatic heterocycles. The summed E-state index contributed by atoms with van der Waals surface area (Å²) in [6, 6.07) is 28.9. The molecule has 1 aliphatic rings. The zero-order chi connectivity index (χ0) is 28.9. The van der Waals surface area contributed by atoms with E-state index in [4.69, 9.17) is 21.6 Å². The first-order chi connectivity index (χ1) is 20.5. The Kier molecular flexibility index (Phi) is 8.98. The molecule has 0 aliphatic heterocycles. The Morgan fingerprint density at radius 1 is 0.762 bits per heavy atom. The van der Waals surface area contributed by atoms with E-state index < -0.39 is 0 Å². The fourth-order valence-electron chi connectivity index (χ4n) is 5.78. The molecule has 1 saturated carbocycles. The van der Waals surface area contributed by atoms with E-state index in [9.17, 15) is 0 Å². The van der Waals surface area contributed by atoms with E-state index in [0.717, 1.165) is 35.5 Å². The monoisotopic (exact) mass is 596 g/mol. The van der Waals surface area contributed by atoms with Gasteiger partial charge in [-0.15, -0.1) is 0 Å². The first-order valence-electron chi connectivity index (χ1n) is 14.7. The number of fused-ring (bicyclic) bond motifs is 2. The third kappa shape index (κ3) is 6.75. The van der Waals surface area contributed by atoms with Crippen molar-refractivity contribution in [3.63, 3.8) is 0 Å². The van der Waals surface area contributed by atoms with Gasteiger partial charge < -0.3 is 15.5 Å². The van der Waals surface area contributed by atoms with Crippen LogP contribution in [0.1, 0.15) is 25.7 Å². The number of para-hydroxylation sites is 1. The summed E-state index contributed by atoms with van der Waals surface area (Å²) in [5, 5.41) is 11.3. The third-order valence-electron chi connectivity index (χ3n) is 8.12. The molecule has 1 fully saturated rings. The third-order valence-corrected chi connectivity index (χ3v) is 9.26. The van der Waals surface area contributed by atoms with Crippen LogP contribution >= 0.6 is 23.5 Å². The second-order valence-electron chi connectivity index (χ2n) is 11.3. The van der Waals surface area contributed by atoms with Crippen LogP contribution in [0.4, 0.5) is 23.1 Å². The average Bonchev–Trinajstić information content (AvgIpc) is 3.01. The summed E-state index contributed by atoms with van der Waals surface area (Å²) in [7, 11) is 4.20. The lowest BCUT2D eigenvalue weighted by Gasteiger charge is -2.28. The zero-order valence-electron chi connectivity index (χ0n) is 24.1. The predicted octanol–water partition coefficient (Wildman–Crippen LogP) is 8.76. The van der Waals surface area contributed by atoms with Gasteiger partial charge in [0.15, 0.2) is 0 Å². The molecule has 0 saturated heterocycles. The lowest BCUT2D eigenvalue weighted by molar-refractivity contribution is 0.285. The molecule has 0 spiro atoms. The SMILES string of the molecule is CN(C)c1cccc2c(SNCC3CCC(CNc4nc(Nc5ccc(Cl)cc5)c5ccccc5n4)CC3)cccc12. The maximum atomic E-state index is 6.07. The van der Waals surface area contributed by atoms with Gasteiger partial charge >= 0.3 is 0 Å². The minimum absolute atomic E-state index is 0.624. The molecular weight excluding hydrogens is 560 g/mol. The molecular formula is C34H37ClN6S. The van der Waals surface area contributed by atoms with Crippen molar-refractivity contribution in [2.24, 2.45) is 11.8 Å². The molecule has 1 aliphatic carbocycles. The van der Waals surface area contributed by atoms with E-state index in [-0.39, 0.29) is 0 Å². The summed E-state index contributed by atoms with van der Waals surface area (Å²) in [6.45, 7) is 1.92. The topological polar surface area (TPSA) is 65.1 Å². The number of nitrogens with zero attached hydrogens (tertiary/aromatic N) is 3. The zero-order valence-corrected chi connectivity index (χ0v) is 25.7. The predicted molar refractivity (Wildman–Crippen MR) is 180 cm³/mol. The van der Waals surface area contributed by atoms with Crippen LogP contribution in [0.2, 0.25) is 5.02 Å². The summed E-state index contributed by atoms with van der Waals surface area (Å²) in [6.07, 6.45) is 4.91. The van der Waals surface area contributed by atoms with Crippen molar-refractivity contribution in [3.05, 3.63) is 90.0 Å². The molecule has 5 aromatic rings. The van der Waals surface area contributed by atoms with Crippen molar-refractivity contribution in [1.82, 2.24) is 14.7 Å². The smallest absolute Gasteiger partial charge is 0.225 e. The van der Waals surface area contributed by atoms with Crippen molar-refractivity contribution in [1.29, 1.82) is 0 Å². The molecule has 0 amide bonds. The average molecular weight is 597 g/mol. The molecule has 4 aromatic carbocycles. The molecule has 0 unspecified atom stereocenters. The number of benzene rings is 4. The van der Waals surface area contributed by atoms with Crippen LogP contribution in [0, 0.1) is 11.8 Å². The summed E-state index contributed by atoms with van der Waals surface area (Å²) in [4.78, 5) is 13.1. The number of hydrogen-bond acceptors (Lipinski definition) is 7. The van der Waals surface area contributed by atoms with Gasteiger partial charge in [-0.3, -0.25) is 4.72 Å². The first-order valence-corrected chi connectivity index (χ1v) is 15.8. The number of halogens is 1. The van der Waals surface area contributed by atoms with Gasteiger partial charge in [0.05, 0.1) is 5.52 Å². The van der Waals surface area contributed by atoms with E-state index in [1.165, 1.54) is 47.0 Å². The fourth-order valence-corrected chi connectivity index (χ4v) is 6.81. The van der Waals surface area contributed by atoms with Crippen molar-refractivity contribution in [2.45, 2.75) is 30.6 Å². The Labute approximate surface area is 257 Å². The minimum Gasteiger partial charge on any atom is -0.377 e. The van der Waals surface area contributed by atoms with Gasteiger partial charge in [-0.2, -0.15) is 4.98 Å². The fraction of sp³-hybridized carbons (Fsp3) is 0.294. The molecule has 42 heavy (non-hydrogen) atoms. The Morgan fingerprint density at radius 2 is 1.45 bits per heavy atom. The van der Waals surface area contributed by atoms with Crippen molar-refractivity contribution < 1.29 is 0 Å². The second kappa shape index (κ2) is 13.2. The van der Waals surface area contributed by atoms with Crippen LogP contribution in [0.25, 0.3) is 21.7 Å². The lowest BCUT2D eigenvalue weighted by atomic mass is 9.82. The molecule has 6 rings (SSSR count). The van der Waals surface area contributed by atoms with Gasteiger partial charge in [0, 0.05) is 59.3 Å². The molecule has 1 heterocycles. The standard InChI is InChI=1S/C34H37ClN6S/c1-41(2)31-11-5-9-28-27(31)8-6-12-32(28)42-37-22-24-15-13-23(14-16-24)21-36-34-39-30-10-4-3-7-29(30)33(40-34)38-26-19-17-25(35)18-20-26/h3-12,17-20,23-24,37H,13-16,21-22H2,1-2H3,(H2,36,38,39,40). The van der Waals surface area contributed by atoms with Crippen LogP contribution in [-0.2, 0) is 0 Å². The number of rotatable bonds is 10. The van der Waals surface area contributed by atoms with Crippen LogP contribution in [0.3, 0.4) is 0 Å². The highest BCUT2D eigenvalue weighted by molar-refractivity contribution is 7.97. The Bertz CT molecular complexity index is 1650. The molecule has 3 N–H and O–H groups in total. The van der Waals surface area contributed by atoms with E-state index in [2.05, 4.69) is 70.7 Å². The van der Waals surface area contributed by atoms with Crippen molar-refractivity contribution in [3.8, 4) is 0 Å². The molecule has 6 nitrogen and oxygen atoms in total. The highest BCUT2D eigenvalue weighted by Crippen LogP contribution is 2.34. The van der Waals surface area contributed by atoms with E-state index in [1.54, 1.807) is 11.9 Å². The van der Waals surface area contributed by atoms with Crippen LogP contribution in [0.15, 0.2) is 89.8 Å². The van der Waals surface area contributed by atoms with Gasteiger partial charge in [-0.25, -0.2) is 4.98 Å². The highest BCUT2D eigenvalue weighted by Gasteiger charge is 2.21. The minimum atomic E-state index is 0.624. The number of nitrogens with one attached hydrogen (secondary N) is 3. The number of hydrogen-bond donors (Lipinski definition) is 3. The van der Waals surface area contributed by atoms with Crippen LogP contribution in [0.5, 0.6) is 0 Å². The van der Waals surface area contributed by atoms with E-state index in [1.807, 2.05) is 48.5 Å². The Morgan fingerprint density at radius 3 is 2.24 bits per heavy atom. The molecule has 8 heteroatoms. The van der Waals surface area contributed by atoms with E-state index >= 15 is 0 Å². The van der Waals surface area contributed by atoms with Gasteiger partial charge in [-0.05, 0) is 103 Å². The molecule has 0 bridgehead atoms. The number of anilines is 4. The van der Waals surface area contributed by atoms with Gasteiger partial charge in [0.1, 0.15) is 5.82 Å². The Hall–Kier alpha value is -3.52. The summed E-state index contributed by atoms with van der Waals surface area (Å²) in [5.74, 6) is 2.78. The lowest BCUT2D eigenvalue weighted by Crippen LogP contribution is -2.26. The quantitative estimate of drug-likeness (QED) is 0.139. The maximum Gasteiger partial charge on any atom is 0.225 e. The normalized spacial score (nSPS) is 16.9. The summed E-state index contributed by atoms with van der Waals surface area (Å²) in [5.41, 5.74) is 3.12. The van der Waals surface area contributed by atoms with Gasteiger partial charge in [-0.1, -0.05) is 48.0 Å². The highest BCUT2D eigenvalue weighted by atomic mass is 35.5. The van der Waals surface area contributed by atoms with E-state index in [0.29, 0.717) is 22.8 Å². The molecule has 0 radical (unpaired) electrons. The maximum absolute atomic E-state index is 6.07. The summed E-state index contributed by atoms with van der Waals surface area (Å²) < 4.78 is 3.68. The van der Waals surface area contributed by atoms with Crippen LogP contribution in [-0.4, -0.2) is 37.2 Å². The van der Waals surface area contributed by atoms with Gasteiger partial charge in [0.25, 0.3) is 0 Å². The Balaban J connectivity index is 1.01.